The zero-order chi connectivity index (χ0) is 14.0. The van der Waals surface area contributed by atoms with Crippen molar-refractivity contribution in [2.24, 2.45) is 0 Å². The summed E-state index contributed by atoms with van der Waals surface area (Å²) in [6.07, 6.45) is 1.14. The van der Waals surface area contributed by atoms with E-state index < -0.39 is 29.1 Å². The maximum absolute atomic E-state index is 13.1. The number of rotatable bonds is 3. The van der Waals surface area contributed by atoms with Crippen molar-refractivity contribution in [1.29, 1.82) is 0 Å². The highest BCUT2D eigenvalue weighted by atomic mass is 19.2. The number of nitrogens with one attached hydrogen (secondary N) is 1. The second-order valence-corrected chi connectivity index (χ2v) is 3.46. The van der Waals surface area contributed by atoms with Crippen LogP contribution < -0.4 is 5.32 Å². The van der Waals surface area contributed by atoms with Gasteiger partial charge in [0.25, 0.3) is 5.91 Å². The lowest BCUT2D eigenvalue weighted by Crippen LogP contribution is -2.15. The number of benzene rings is 1. The van der Waals surface area contributed by atoms with E-state index in [4.69, 9.17) is 5.11 Å². The van der Waals surface area contributed by atoms with Gasteiger partial charge >= 0.3 is 5.97 Å². The third-order valence-corrected chi connectivity index (χ3v) is 2.21. The van der Waals surface area contributed by atoms with E-state index in [0.29, 0.717) is 12.1 Å². The normalized spacial score (nSPS) is 10.2. The van der Waals surface area contributed by atoms with Gasteiger partial charge in [0.1, 0.15) is 6.26 Å². The van der Waals surface area contributed by atoms with Crippen LogP contribution in [0, 0.1) is 11.6 Å². The van der Waals surface area contributed by atoms with Crippen molar-refractivity contribution in [3.05, 3.63) is 47.4 Å². The molecule has 2 rings (SSSR count). The van der Waals surface area contributed by atoms with Gasteiger partial charge in [-0.25, -0.2) is 13.6 Å². The first-order chi connectivity index (χ1) is 8.99. The number of carboxylic acid groups (broad SMARTS) is 1. The van der Waals surface area contributed by atoms with Crippen molar-refractivity contribution in [2.45, 2.75) is 0 Å². The van der Waals surface area contributed by atoms with Crippen LogP contribution in [-0.4, -0.2) is 22.1 Å². The van der Waals surface area contributed by atoms with Crippen molar-refractivity contribution in [1.82, 2.24) is 5.16 Å². The molecular weight excluding hydrogens is 262 g/mol. The Kier molecular flexibility index (Phi) is 3.23. The second kappa shape index (κ2) is 4.84. The molecule has 0 unspecified atom stereocenters. The maximum Gasteiger partial charge on any atom is 0.337 e. The molecule has 0 atom stereocenters. The molecule has 1 aromatic heterocycles. The molecule has 0 spiro atoms. The molecule has 19 heavy (non-hydrogen) atoms. The first-order valence-corrected chi connectivity index (χ1v) is 4.93. The van der Waals surface area contributed by atoms with Gasteiger partial charge in [0.2, 0.25) is 0 Å². The number of hydrogen-bond donors (Lipinski definition) is 2. The van der Waals surface area contributed by atoms with Crippen LogP contribution in [-0.2, 0) is 0 Å². The van der Waals surface area contributed by atoms with Crippen LogP contribution >= 0.6 is 0 Å². The number of carbonyl (C=O) groups is 2. The Morgan fingerprint density at radius 2 is 1.95 bits per heavy atom. The van der Waals surface area contributed by atoms with Crippen LogP contribution in [0.3, 0.4) is 0 Å². The number of aromatic carboxylic acids is 1. The molecule has 0 aliphatic rings. The summed E-state index contributed by atoms with van der Waals surface area (Å²) in [5, 5.41) is 14.3. The molecule has 98 valence electrons. The molecule has 0 radical (unpaired) electrons. The van der Waals surface area contributed by atoms with Crippen LogP contribution in [0.1, 0.15) is 20.8 Å². The van der Waals surface area contributed by atoms with Gasteiger partial charge in [-0.15, -0.1) is 0 Å². The van der Waals surface area contributed by atoms with Crippen LogP contribution in [0.4, 0.5) is 14.5 Å². The molecule has 8 heteroatoms. The second-order valence-electron chi connectivity index (χ2n) is 3.46. The van der Waals surface area contributed by atoms with Gasteiger partial charge < -0.3 is 14.9 Å². The van der Waals surface area contributed by atoms with Gasteiger partial charge in [-0.3, -0.25) is 4.79 Å². The molecule has 6 nitrogen and oxygen atoms in total. The zero-order valence-electron chi connectivity index (χ0n) is 9.18. The standard InChI is InChI=1S/C11H6F2N2O4/c12-6-3-5(11(17)18)9(4-7(6)13)14-10(16)8-1-2-19-15-8/h1-4H,(H,14,16)(H,17,18). The fraction of sp³-hybridized carbons (Fsp3) is 0. The van der Waals surface area contributed by atoms with Crippen molar-refractivity contribution in [3.8, 4) is 0 Å². The molecule has 2 aromatic rings. The van der Waals surface area contributed by atoms with Crippen LogP contribution in [0.15, 0.2) is 29.0 Å². The Labute approximate surface area is 104 Å². The van der Waals surface area contributed by atoms with E-state index in [-0.39, 0.29) is 11.4 Å². The summed E-state index contributed by atoms with van der Waals surface area (Å²) in [6, 6.07) is 2.29. The van der Waals surface area contributed by atoms with Gasteiger partial charge in [-0.2, -0.15) is 0 Å². The minimum absolute atomic E-state index is 0.124. The highest BCUT2D eigenvalue weighted by molar-refractivity contribution is 6.06. The van der Waals surface area contributed by atoms with E-state index in [1.807, 2.05) is 0 Å². The number of carbonyl (C=O) groups excluding carboxylic acids is 1. The summed E-state index contributed by atoms with van der Waals surface area (Å²) < 4.78 is 30.4. The van der Waals surface area contributed by atoms with E-state index in [9.17, 15) is 18.4 Å². The van der Waals surface area contributed by atoms with Gasteiger partial charge in [0.05, 0.1) is 11.3 Å². The molecule has 1 heterocycles. The average molecular weight is 268 g/mol. The summed E-state index contributed by atoms with van der Waals surface area (Å²) in [5.41, 5.74) is -1.07. The van der Waals surface area contributed by atoms with Crippen molar-refractivity contribution >= 4 is 17.6 Å². The summed E-state index contributed by atoms with van der Waals surface area (Å²) in [5.74, 6) is -4.91. The Morgan fingerprint density at radius 3 is 2.53 bits per heavy atom. The Balaban J connectivity index is 2.36. The molecule has 0 saturated heterocycles. The van der Waals surface area contributed by atoms with Gasteiger partial charge in [0.15, 0.2) is 17.3 Å². The fourth-order valence-electron chi connectivity index (χ4n) is 1.34. The van der Waals surface area contributed by atoms with Crippen molar-refractivity contribution in [3.63, 3.8) is 0 Å². The maximum atomic E-state index is 13.1. The topological polar surface area (TPSA) is 92.4 Å². The molecular formula is C11H6F2N2O4. The zero-order valence-corrected chi connectivity index (χ0v) is 9.18. The molecule has 0 saturated carbocycles. The van der Waals surface area contributed by atoms with E-state index >= 15 is 0 Å². The number of amides is 1. The first-order valence-electron chi connectivity index (χ1n) is 4.93. The lowest BCUT2D eigenvalue weighted by Gasteiger charge is -2.07. The minimum Gasteiger partial charge on any atom is -0.478 e. The van der Waals surface area contributed by atoms with Crippen LogP contribution in [0.25, 0.3) is 0 Å². The van der Waals surface area contributed by atoms with Crippen LogP contribution in [0.5, 0.6) is 0 Å². The first kappa shape index (κ1) is 12.7. The smallest absolute Gasteiger partial charge is 0.337 e. The van der Waals surface area contributed by atoms with Gasteiger partial charge in [-0.1, -0.05) is 5.16 Å². The van der Waals surface area contributed by atoms with E-state index in [1.54, 1.807) is 0 Å². The number of carboxylic acids is 1. The number of halogens is 2. The SMILES string of the molecule is O=C(Nc1cc(F)c(F)cc1C(=O)O)c1ccon1. The third kappa shape index (κ3) is 2.57. The lowest BCUT2D eigenvalue weighted by molar-refractivity contribution is 0.0697. The number of aromatic nitrogens is 1. The monoisotopic (exact) mass is 268 g/mol. The largest absolute Gasteiger partial charge is 0.478 e. The van der Waals surface area contributed by atoms with Gasteiger partial charge in [-0.05, 0) is 6.07 Å². The van der Waals surface area contributed by atoms with Gasteiger partial charge in [0, 0.05) is 12.1 Å². The lowest BCUT2D eigenvalue weighted by atomic mass is 10.1. The Hall–Kier alpha value is -2.77. The predicted octanol–water partition coefficient (Wildman–Crippen LogP) is 1.90. The summed E-state index contributed by atoms with van der Waals surface area (Å²) >= 11 is 0. The molecule has 0 fully saturated rings. The van der Waals surface area contributed by atoms with Crippen molar-refractivity contribution in [2.75, 3.05) is 5.32 Å². The predicted molar refractivity (Wildman–Crippen MR) is 57.8 cm³/mol. The Morgan fingerprint density at radius 1 is 1.26 bits per heavy atom. The minimum atomic E-state index is -1.51. The highest BCUT2D eigenvalue weighted by Gasteiger charge is 2.18. The van der Waals surface area contributed by atoms with E-state index in [1.165, 1.54) is 6.07 Å². The molecule has 2 N–H and O–H groups in total. The fourth-order valence-corrected chi connectivity index (χ4v) is 1.34. The third-order valence-electron chi connectivity index (χ3n) is 2.21. The summed E-state index contributed by atoms with van der Waals surface area (Å²) in [7, 11) is 0. The summed E-state index contributed by atoms with van der Waals surface area (Å²) in [6.45, 7) is 0. The molecule has 0 bridgehead atoms. The van der Waals surface area contributed by atoms with E-state index in [0.717, 1.165) is 6.26 Å². The number of anilines is 1. The van der Waals surface area contributed by atoms with Crippen molar-refractivity contribution < 1.29 is 28.0 Å². The molecule has 1 amide bonds. The number of hydrogen-bond acceptors (Lipinski definition) is 4. The summed E-state index contributed by atoms with van der Waals surface area (Å²) in [4.78, 5) is 22.5. The molecule has 0 aliphatic heterocycles. The quantitative estimate of drug-likeness (QED) is 0.886. The molecule has 1 aromatic carbocycles. The van der Waals surface area contributed by atoms with E-state index in [2.05, 4.69) is 15.0 Å². The number of nitrogens with zero attached hydrogens (tertiary/aromatic N) is 1. The average Bonchev–Trinajstić information content (AvgIpc) is 2.86. The molecule has 0 aliphatic carbocycles. The Bertz CT molecular complexity index is 640. The van der Waals surface area contributed by atoms with Crippen LogP contribution in [0.2, 0.25) is 0 Å². The highest BCUT2D eigenvalue weighted by Crippen LogP contribution is 2.20.